The van der Waals surface area contributed by atoms with Crippen LogP contribution in [0.3, 0.4) is 0 Å². The largest absolute Gasteiger partial charge is 0.492 e. The maximum atomic E-state index is 12.1. The fourth-order valence-corrected chi connectivity index (χ4v) is 2.26. The molecule has 0 radical (unpaired) electrons. The average molecular weight is 358 g/mol. The number of para-hydroxylation sites is 2. The lowest BCUT2D eigenvalue weighted by Gasteiger charge is -2.12. The number of benzene rings is 2. The van der Waals surface area contributed by atoms with Crippen LogP contribution in [0.2, 0.25) is 0 Å². The van der Waals surface area contributed by atoms with Crippen LogP contribution in [-0.4, -0.2) is 38.9 Å². The van der Waals surface area contributed by atoms with Gasteiger partial charge in [0.1, 0.15) is 18.1 Å². The van der Waals surface area contributed by atoms with Gasteiger partial charge in [-0.05, 0) is 50.2 Å². The van der Waals surface area contributed by atoms with Gasteiger partial charge in [0.2, 0.25) is 5.91 Å². The Bertz CT molecular complexity index is 674. The zero-order valence-electron chi connectivity index (χ0n) is 15.3. The number of hydrogen-bond acceptors (Lipinski definition) is 5. The van der Waals surface area contributed by atoms with E-state index in [9.17, 15) is 4.79 Å². The lowest BCUT2D eigenvalue weighted by Crippen LogP contribution is -2.22. The van der Waals surface area contributed by atoms with Crippen molar-refractivity contribution >= 4 is 17.3 Å². The summed E-state index contributed by atoms with van der Waals surface area (Å²) in [6.45, 7) is 6.33. The Morgan fingerprint density at radius 3 is 2.42 bits per heavy atom. The van der Waals surface area contributed by atoms with Gasteiger partial charge in [0, 0.05) is 12.3 Å². The van der Waals surface area contributed by atoms with Gasteiger partial charge < -0.3 is 24.8 Å². The molecule has 1 amide bonds. The highest BCUT2D eigenvalue weighted by atomic mass is 16.5. The third kappa shape index (κ3) is 6.64. The van der Waals surface area contributed by atoms with Crippen LogP contribution in [0.4, 0.5) is 11.4 Å². The number of hydrogen-bond donors (Lipinski definition) is 2. The van der Waals surface area contributed by atoms with Gasteiger partial charge in [-0.2, -0.15) is 0 Å². The van der Waals surface area contributed by atoms with Crippen molar-refractivity contribution in [2.24, 2.45) is 0 Å². The van der Waals surface area contributed by atoms with Crippen LogP contribution in [0.1, 0.15) is 13.8 Å². The van der Waals surface area contributed by atoms with Crippen molar-refractivity contribution < 1.29 is 19.0 Å². The molecule has 0 spiro atoms. The van der Waals surface area contributed by atoms with E-state index >= 15 is 0 Å². The maximum Gasteiger partial charge on any atom is 0.243 e. The molecule has 2 N–H and O–H groups in total. The third-order valence-electron chi connectivity index (χ3n) is 3.47. The highest BCUT2D eigenvalue weighted by Gasteiger charge is 2.07. The van der Waals surface area contributed by atoms with E-state index in [1.54, 1.807) is 0 Å². The molecule has 0 saturated carbocycles. The second-order valence-electron chi connectivity index (χ2n) is 5.40. The molecule has 2 rings (SSSR count). The minimum atomic E-state index is -0.144. The second kappa shape index (κ2) is 11.0. The molecular weight excluding hydrogens is 332 g/mol. The Morgan fingerprint density at radius 1 is 0.923 bits per heavy atom. The second-order valence-corrected chi connectivity index (χ2v) is 5.40. The number of carbonyl (C=O) groups excluding carboxylic acids is 1. The summed E-state index contributed by atoms with van der Waals surface area (Å²) in [5.74, 6) is 1.29. The van der Waals surface area contributed by atoms with Crippen molar-refractivity contribution in [1.29, 1.82) is 0 Å². The lowest BCUT2D eigenvalue weighted by molar-refractivity contribution is -0.114. The van der Waals surface area contributed by atoms with Crippen molar-refractivity contribution in [2.45, 2.75) is 13.8 Å². The summed E-state index contributed by atoms with van der Waals surface area (Å²) in [5, 5.41) is 5.94. The summed E-state index contributed by atoms with van der Waals surface area (Å²) in [6, 6.07) is 14.8. The van der Waals surface area contributed by atoms with Crippen LogP contribution in [0, 0.1) is 0 Å². The molecule has 2 aromatic rings. The molecule has 0 aliphatic heterocycles. The van der Waals surface area contributed by atoms with Crippen LogP contribution in [0.25, 0.3) is 0 Å². The summed E-state index contributed by atoms with van der Waals surface area (Å²) < 4.78 is 16.3. The first-order valence-electron chi connectivity index (χ1n) is 8.79. The minimum absolute atomic E-state index is 0.144. The van der Waals surface area contributed by atoms with Crippen molar-refractivity contribution in [3.8, 4) is 11.5 Å². The first-order chi connectivity index (χ1) is 12.7. The SMILES string of the molecule is CCOCCOc1ccc(NCC(=O)Nc2ccccc2OCC)cc1. The Balaban J connectivity index is 1.78. The fourth-order valence-electron chi connectivity index (χ4n) is 2.26. The first kappa shape index (κ1) is 19.6. The molecule has 0 aromatic heterocycles. The van der Waals surface area contributed by atoms with E-state index in [0.717, 1.165) is 11.4 Å². The van der Waals surface area contributed by atoms with Gasteiger partial charge in [0.25, 0.3) is 0 Å². The molecule has 6 heteroatoms. The normalized spacial score (nSPS) is 10.2. The Hall–Kier alpha value is -2.73. The number of anilines is 2. The number of amides is 1. The molecule has 26 heavy (non-hydrogen) atoms. The quantitative estimate of drug-likeness (QED) is 0.601. The molecule has 0 fully saturated rings. The van der Waals surface area contributed by atoms with E-state index in [1.807, 2.05) is 62.4 Å². The van der Waals surface area contributed by atoms with Crippen LogP contribution >= 0.6 is 0 Å². The number of carbonyl (C=O) groups is 1. The van der Waals surface area contributed by atoms with Gasteiger partial charge in [-0.1, -0.05) is 12.1 Å². The zero-order valence-corrected chi connectivity index (χ0v) is 15.3. The average Bonchev–Trinajstić information content (AvgIpc) is 2.66. The van der Waals surface area contributed by atoms with Gasteiger partial charge in [-0.15, -0.1) is 0 Å². The standard InChI is InChI=1S/C20H26N2O4/c1-3-24-13-14-26-17-11-9-16(10-12-17)21-15-20(23)22-18-7-5-6-8-19(18)25-4-2/h5-12,21H,3-4,13-15H2,1-2H3,(H,22,23). The topological polar surface area (TPSA) is 68.8 Å². The lowest BCUT2D eigenvalue weighted by atomic mass is 10.3. The van der Waals surface area contributed by atoms with E-state index < -0.39 is 0 Å². The number of rotatable bonds is 11. The van der Waals surface area contributed by atoms with Gasteiger partial charge in [0.15, 0.2) is 0 Å². The van der Waals surface area contributed by atoms with E-state index in [4.69, 9.17) is 14.2 Å². The molecule has 0 aliphatic rings. The van der Waals surface area contributed by atoms with E-state index in [1.165, 1.54) is 0 Å². The van der Waals surface area contributed by atoms with Gasteiger partial charge >= 0.3 is 0 Å². The molecule has 140 valence electrons. The monoisotopic (exact) mass is 358 g/mol. The molecule has 6 nitrogen and oxygen atoms in total. The molecule has 0 atom stereocenters. The summed E-state index contributed by atoms with van der Waals surface area (Å²) in [5.41, 5.74) is 1.51. The smallest absolute Gasteiger partial charge is 0.243 e. The van der Waals surface area contributed by atoms with Crippen LogP contribution < -0.4 is 20.1 Å². The van der Waals surface area contributed by atoms with Crippen LogP contribution in [0.5, 0.6) is 11.5 Å². The molecule has 0 saturated heterocycles. The summed E-state index contributed by atoms with van der Waals surface area (Å²) in [7, 11) is 0. The Kier molecular flexibility index (Phi) is 8.29. The van der Waals surface area contributed by atoms with Gasteiger partial charge in [-0.3, -0.25) is 4.79 Å². The molecule has 2 aromatic carbocycles. The van der Waals surface area contributed by atoms with Gasteiger partial charge in [-0.25, -0.2) is 0 Å². The minimum Gasteiger partial charge on any atom is -0.492 e. The molecular formula is C20H26N2O4. The summed E-state index contributed by atoms with van der Waals surface area (Å²) in [4.78, 5) is 12.1. The van der Waals surface area contributed by atoms with Crippen molar-refractivity contribution in [1.82, 2.24) is 0 Å². The first-order valence-corrected chi connectivity index (χ1v) is 8.79. The zero-order chi connectivity index (χ0) is 18.6. The molecule has 0 aliphatic carbocycles. The Morgan fingerprint density at radius 2 is 1.69 bits per heavy atom. The number of ether oxygens (including phenoxy) is 3. The van der Waals surface area contributed by atoms with Crippen molar-refractivity contribution in [3.05, 3.63) is 48.5 Å². The maximum absolute atomic E-state index is 12.1. The highest BCUT2D eigenvalue weighted by Crippen LogP contribution is 2.23. The van der Waals surface area contributed by atoms with Crippen molar-refractivity contribution in [2.75, 3.05) is 43.6 Å². The van der Waals surface area contributed by atoms with E-state index in [0.29, 0.717) is 37.9 Å². The van der Waals surface area contributed by atoms with Crippen LogP contribution in [0.15, 0.2) is 48.5 Å². The van der Waals surface area contributed by atoms with E-state index in [2.05, 4.69) is 10.6 Å². The fraction of sp³-hybridized carbons (Fsp3) is 0.350. The third-order valence-corrected chi connectivity index (χ3v) is 3.47. The Labute approximate surface area is 154 Å². The summed E-state index contributed by atoms with van der Waals surface area (Å²) >= 11 is 0. The number of nitrogens with one attached hydrogen (secondary N) is 2. The predicted molar refractivity (Wildman–Crippen MR) is 103 cm³/mol. The van der Waals surface area contributed by atoms with Crippen molar-refractivity contribution in [3.63, 3.8) is 0 Å². The van der Waals surface area contributed by atoms with Gasteiger partial charge in [0.05, 0.1) is 25.4 Å². The van der Waals surface area contributed by atoms with E-state index in [-0.39, 0.29) is 12.5 Å². The summed E-state index contributed by atoms with van der Waals surface area (Å²) in [6.07, 6.45) is 0. The highest BCUT2D eigenvalue weighted by molar-refractivity contribution is 5.95. The molecule has 0 unspecified atom stereocenters. The predicted octanol–water partition coefficient (Wildman–Crippen LogP) is 3.55. The molecule has 0 bridgehead atoms. The van der Waals surface area contributed by atoms with Crippen LogP contribution in [-0.2, 0) is 9.53 Å². The molecule has 0 heterocycles.